The summed E-state index contributed by atoms with van der Waals surface area (Å²) in [5, 5.41) is 12.4. The number of rotatable bonds is 4. The van der Waals surface area contributed by atoms with E-state index in [-0.39, 0.29) is 0 Å². The topological polar surface area (TPSA) is 99.7 Å². The molecule has 0 spiro atoms. The number of benzene rings is 1. The summed E-state index contributed by atoms with van der Waals surface area (Å²) in [6.45, 7) is 1.89. The summed E-state index contributed by atoms with van der Waals surface area (Å²) in [4.78, 5) is 9.03. The summed E-state index contributed by atoms with van der Waals surface area (Å²) in [7, 11) is 0. The lowest BCUT2D eigenvalue weighted by atomic mass is 10.2. The van der Waals surface area contributed by atoms with E-state index in [0.29, 0.717) is 23.1 Å². The molecule has 6 heteroatoms. The lowest BCUT2D eigenvalue weighted by Gasteiger charge is -2.14. The van der Waals surface area contributed by atoms with Gasteiger partial charge in [-0.25, -0.2) is 15.8 Å². The highest BCUT2D eigenvalue weighted by Gasteiger charge is 2.28. The van der Waals surface area contributed by atoms with Gasteiger partial charge in [0.25, 0.3) is 0 Å². The zero-order valence-corrected chi connectivity index (χ0v) is 11.7. The van der Waals surface area contributed by atoms with Gasteiger partial charge in [0.1, 0.15) is 23.5 Å². The van der Waals surface area contributed by atoms with E-state index in [1.807, 2.05) is 25.1 Å². The SMILES string of the molecule is Cc1c(NN)nc(C2CC2)nc1Nc1ccccc1C#N. The van der Waals surface area contributed by atoms with Crippen LogP contribution in [0.3, 0.4) is 0 Å². The molecule has 0 atom stereocenters. The molecule has 4 N–H and O–H groups in total. The quantitative estimate of drug-likeness (QED) is 0.588. The Bertz CT molecular complexity index is 715. The maximum Gasteiger partial charge on any atom is 0.148 e. The zero-order chi connectivity index (χ0) is 14.8. The van der Waals surface area contributed by atoms with Crippen molar-refractivity contribution in [1.29, 1.82) is 5.26 Å². The van der Waals surface area contributed by atoms with Crippen molar-refractivity contribution in [2.75, 3.05) is 10.7 Å². The van der Waals surface area contributed by atoms with Crippen LogP contribution in [0.1, 0.15) is 35.7 Å². The summed E-state index contributed by atoms with van der Waals surface area (Å²) in [5.74, 6) is 8.05. The van der Waals surface area contributed by atoms with Crippen LogP contribution in [-0.2, 0) is 0 Å². The van der Waals surface area contributed by atoms with Gasteiger partial charge in [-0.15, -0.1) is 0 Å². The van der Waals surface area contributed by atoms with Gasteiger partial charge in [-0.1, -0.05) is 12.1 Å². The van der Waals surface area contributed by atoms with Crippen molar-refractivity contribution in [3.8, 4) is 6.07 Å². The molecule has 21 heavy (non-hydrogen) atoms. The maximum absolute atomic E-state index is 9.16. The monoisotopic (exact) mass is 280 g/mol. The Kier molecular flexibility index (Phi) is 3.42. The Labute approximate surface area is 123 Å². The number of hydrazine groups is 1. The van der Waals surface area contributed by atoms with E-state index in [1.54, 1.807) is 6.07 Å². The molecular formula is C15H16N6. The van der Waals surface area contributed by atoms with Gasteiger partial charge >= 0.3 is 0 Å². The number of anilines is 3. The van der Waals surface area contributed by atoms with Crippen LogP contribution in [0.4, 0.5) is 17.3 Å². The molecule has 1 saturated carbocycles. The molecule has 1 aromatic carbocycles. The number of hydrogen-bond acceptors (Lipinski definition) is 6. The normalized spacial score (nSPS) is 13.6. The number of nitrogens with zero attached hydrogens (tertiary/aromatic N) is 3. The minimum atomic E-state index is 0.421. The van der Waals surface area contributed by atoms with Gasteiger partial charge in [0.2, 0.25) is 0 Å². The summed E-state index contributed by atoms with van der Waals surface area (Å²) >= 11 is 0. The van der Waals surface area contributed by atoms with Crippen LogP contribution in [0, 0.1) is 18.3 Å². The molecule has 1 aliphatic rings. The van der Waals surface area contributed by atoms with Crippen LogP contribution < -0.4 is 16.6 Å². The highest BCUT2D eigenvalue weighted by atomic mass is 15.3. The third-order valence-corrected chi connectivity index (χ3v) is 3.54. The number of nitrogen functional groups attached to an aromatic ring is 1. The Morgan fingerprint density at radius 2 is 1.95 bits per heavy atom. The van der Waals surface area contributed by atoms with Crippen molar-refractivity contribution in [2.24, 2.45) is 5.84 Å². The first-order chi connectivity index (χ1) is 10.2. The fourth-order valence-electron chi connectivity index (χ4n) is 2.14. The molecule has 0 saturated heterocycles. The molecule has 1 heterocycles. The number of nitrogens with one attached hydrogen (secondary N) is 2. The number of nitriles is 1. The van der Waals surface area contributed by atoms with Crippen LogP contribution in [0.5, 0.6) is 0 Å². The molecule has 3 rings (SSSR count). The number of para-hydroxylation sites is 1. The van der Waals surface area contributed by atoms with E-state index in [1.165, 1.54) is 0 Å². The van der Waals surface area contributed by atoms with Crippen LogP contribution in [0.15, 0.2) is 24.3 Å². The van der Waals surface area contributed by atoms with E-state index >= 15 is 0 Å². The van der Waals surface area contributed by atoms with Crippen LogP contribution in [0.25, 0.3) is 0 Å². The van der Waals surface area contributed by atoms with E-state index in [2.05, 4.69) is 26.8 Å². The molecule has 1 fully saturated rings. The molecule has 0 unspecified atom stereocenters. The van der Waals surface area contributed by atoms with E-state index in [0.717, 1.165) is 29.9 Å². The van der Waals surface area contributed by atoms with Gasteiger partial charge in [0.05, 0.1) is 11.3 Å². The van der Waals surface area contributed by atoms with Gasteiger partial charge in [-0.2, -0.15) is 5.26 Å². The molecule has 0 aliphatic heterocycles. The van der Waals surface area contributed by atoms with Gasteiger partial charge in [-0.3, -0.25) is 0 Å². The Morgan fingerprint density at radius 3 is 2.62 bits per heavy atom. The highest BCUT2D eigenvalue weighted by molar-refractivity contribution is 5.69. The van der Waals surface area contributed by atoms with Gasteiger partial charge in [0.15, 0.2) is 0 Å². The van der Waals surface area contributed by atoms with Crippen LogP contribution >= 0.6 is 0 Å². The molecule has 106 valence electrons. The Morgan fingerprint density at radius 1 is 1.24 bits per heavy atom. The van der Waals surface area contributed by atoms with Crippen molar-refractivity contribution >= 4 is 17.3 Å². The first kappa shape index (κ1) is 13.3. The Balaban J connectivity index is 2.01. The minimum Gasteiger partial charge on any atom is -0.339 e. The average Bonchev–Trinajstić information content (AvgIpc) is 3.34. The first-order valence-corrected chi connectivity index (χ1v) is 6.84. The van der Waals surface area contributed by atoms with Crippen LogP contribution in [0.2, 0.25) is 0 Å². The third-order valence-electron chi connectivity index (χ3n) is 3.54. The maximum atomic E-state index is 9.16. The number of nitrogens with two attached hydrogens (primary N) is 1. The van der Waals surface area contributed by atoms with Crippen LogP contribution in [-0.4, -0.2) is 9.97 Å². The van der Waals surface area contributed by atoms with Gasteiger partial charge in [-0.05, 0) is 31.9 Å². The molecule has 2 aromatic rings. The van der Waals surface area contributed by atoms with Gasteiger partial charge in [0, 0.05) is 11.5 Å². The predicted molar refractivity (Wildman–Crippen MR) is 81.0 cm³/mol. The fraction of sp³-hybridized carbons (Fsp3) is 0.267. The van der Waals surface area contributed by atoms with E-state index in [9.17, 15) is 0 Å². The molecule has 0 bridgehead atoms. The molecule has 1 aromatic heterocycles. The van der Waals surface area contributed by atoms with E-state index < -0.39 is 0 Å². The molecular weight excluding hydrogens is 264 g/mol. The van der Waals surface area contributed by atoms with Gasteiger partial charge < -0.3 is 10.7 Å². The number of aromatic nitrogens is 2. The fourth-order valence-corrected chi connectivity index (χ4v) is 2.14. The molecule has 0 amide bonds. The Hall–Kier alpha value is -2.65. The number of hydrogen-bond donors (Lipinski definition) is 3. The molecule has 1 aliphatic carbocycles. The molecule has 0 radical (unpaired) electrons. The third kappa shape index (κ3) is 2.64. The minimum absolute atomic E-state index is 0.421. The first-order valence-electron chi connectivity index (χ1n) is 6.84. The summed E-state index contributed by atoms with van der Waals surface area (Å²) in [5.41, 5.74) is 4.75. The lowest BCUT2D eigenvalue weighted by molar-refractivity contribution is 0.920. The summed E-state index contributed by atoms with van der Waals surface area (Å²) in [6, 6.07) is 9.50. The largest absolute Gasteiger partial charge is 0.339 e. The second kappa shape index (κ2) is 5.38. The second-order valence-electron chi connectivity index (χ2n) is 5.11. The molecule has 6 nitrogen and oxygen atoms in total. The average molecular weight is 280 g/mol. The predicted octanol–water partition coefficient (Wildman–Crippen LogP) is 2.56. The zero-order valence-electron chi connectivity index (χ0n) is 11.7. The van der Waals surface area contributed by atoms with Crippen molar-refractivity contribution in [3.05, 3.63) is 41.2 Å². The second-order valence-corrected chi connectivity index (χ2v) is 5.11. The smallest absolute Gasteiger partial charge is 0.148 e. The lowest BCUT2D eigenvalue weighted by Crippen LogP contribution is -2.14. The standard InChI is InChI=1S/C15H16N6/c1-9-13(18-12-5-3-2-4-11(12)8-16)19-15(10-6-7-10)20-14(9)21-17/h2-5,10H,6-7,17H2,1H3,(H2,18,19,20,21). The summed E-state index contributed by atoms with van der Waals surface area (Å²) < 4.78 is 0. The van der Waals surface area contributed by atoms with Crippen molar-refractivity contribution in [3.63, 3.8) is 0 Å². The van der Waals surface area contributed by atoms with Crippen molar-refractivity contribution < 1.29 is 0 Å². The van der Waals surface area contributed by atoms with E-state index in [4.69, 9.17) is 11.1 Å². The highest BCUT2D eigenvalue weighted by Crippen LogP contribution is 2.39. The van der Waals surface area contributed by atoms with Crippen molar-refractivity contribution in [1.82, 2.24) is 9.97 Å². The summed E-state index contributed by atoms with van der Waals surface area (Å²) in [6.07, 6.45) is 2.22. The van der Waals surface area contributed by atoms with Crippen molar-refractivity contribution in [2.45, 2.75) is 25.7 Å².